The van der Waals surface area contributed by atoms with E-state index < -0.39 is 6.09 Å². The van der Waals surface area contributed by atoms with E-state index in [4.69, 9.17) is 26.2 Å². The van der Waals surface area contributed by atoms with Gasteiger partial charge in [-0.1, -0.05) is 25.0 Å². The number of ether oxygens (including phenoxy) is 2. The Kier molecular flexibility index (Phi) is 13.1. The number of halogens is 1. The number of rotatable bonds is 15. The van der Waals surface area contributed by atoms with Gasteiger partial charge in [0.15, 0.2) is 0 Å². The van der Waals surface area contributed by atoms with Crippen molar-refractivity contribution in [3.8, 4) is 0 Å². The Bertz CT molecular complexity index is 557. The molecule has 0 saturated heterocycles. The van der Waals surface area contributed by atoms with Crippen LogP contribution in [0.3, 0.4) is 0 Å². The average molecular weight is 401 g/mol. The van der Waals surface area contributed by atoms with Crippen LogP contribution in [-0.2, 0) is 16.0 Å². The maximum Gasteiger partial charge on any atom is 0.404 e. The molecule has 0 aromatic heterocycles. The SMILES string of the molecule is O=C(O)NCc1cccc(C(=O)NCCOCCOCCCCCCCl)c1. The molecular weight excluding hydrogens is 372 g/mol. The van der Waals surface area contributed by atoms with E-state index >= 15 is 0 Å². The van der Waals surface area contributed by atoms with Gasteiger partial charge in [-0.05, 0) is 30.5 Å². The van der Waals surface area contributed by atoms with Gasteiger partial charge in [0.2, 0.25) is 0 Å². The van der Waals surface area contributed by atoms with Crippen LogP contribution in [0.4, 0.5) is 4.79 Å². The Balaban J connectivity index is 2.05. The summed E-state index contributed by atoms with van der Waals surface area (Å²) in [7, 11) is 0. The lowest BCUT2D eigenvalue weighted by Gasteiger charge is -2.08. The molecule has 0 unspecified atom stereocenters. The quantitative estimate of drug-likeness (QED) is 0.310. The first kappa shape index (κ1) is 23.2. The highest BCUT2D eigenvalue weighted by atomic mass is 35.5. The molecule has 0 radical (unpaired) electrons. The van der Waals surface area contributed by atoms with Gasteiger partial charge in [-0.25, -0.2) is 4.79 Å². The summed E-state index contributed by atoms with van der Waals surface area (Å²) in [6, 6.07) is 6.82. The van der Waals surface area contributed by atoms with Gasteiger partial charge in [-0.3, -0.25) is 4.79 Å². The highest BCUT2D eigenvalue weighted by Crippen LogP contribution is 2.05. The van der Waals surface area contributed by atoms with E-state index in [9.17, 15) is 9.59 Å². The minimum Gasteiger partial charge on any atom is -0.465 e. The van der Waals surface area contributed by atoms with Gasteiger partial charge >= 0.3 is 6.09 Å². The normalized spacial score (nSPS) is 10.6. The topological polar surface area (TPSA) is 96.9 Å². The lowest BCUT2D eigenvalue weighted by Crippen LogP contribution is -2.28. The standard InChI is InChI=1S/C19H29ClN2O5/c20-8-3-1-2-4-10-26-12-13-27-11-9-21-18(23)17-7-5-6-16(14-17)15-22-19(24)25/h5-7,14,22H,1-4,8-13,15H2,(H,21,23)(H,24,25). The van der Waals surface area contributed by atoms with Gasteiger partial charge in [0.1, 0.15) is 0 Å². The Morgan fingerprint density at radius 3 is 2.44 bits per heavy atom. The summed E-state index contributed by atoms with van der Waals surface area (Å²) < 4.78 is 10.9. The van der Waals surface area contributed by atoms with Crippen LogP contribution in [-0.4, -0.2) is 56.0 Å². The van der Waals surface area contributed by atoms with Crippen molar-refractivity contribution in [1.29, 1.82) is 0 Å². The second-order valence-electron chi connectivity index (χ2n) is 5.94. The molecule has 7 nitrogen and oxygen atoms in total. The van der Waals surface area contributed by atoms with Gasteiger partial charge in [0, 0.05) is 31.1 Å². The molecule has 0 aliphatic carbocycles. The monoisotopic (exact) mass is 400 g/mol. The third-order valence-electron chi connectivity index (χ3n) is 3.71. The van der Waals surface area contributed by atoms with E-state index in [1.807, 2.05) is 0 Å². The second-order valence-corrected chi connectivity index (χ2v) is 6.32. The van der Waals surface area contributed by atoms with E-state index in [0.29, 0.717) is 31.9 Å². The number of hydrogen-bond acceptors (Lipinski definition) is 4. The molecule has 0 atom stereocenters. The number of hydrogen-bond donors (Lipinski definition) is 3. The lowest BCUT2D eigenvalue weighted by atomic mass is 10.1. The number of carboxylic acid groups (broad SMARTS) is 1. The van der Waals surface area contributed by atoms with E-state index in [0.717, 1.165) is 43.7 Å². The summed E-state index contributed by atoms with van der Waals surface area (Å²) in [5.74, 6) is 0.502. The lowest BCUT2D eigenvalue weighted by molar-refractivity contribution is 0.0468. The molecule has 1 aromatic carbocycles. The van der Waals surface area contributed by atoms with Crippen molar-refractivity contribution >= 4 is 23.6 Å². The summed E-state index contributed by atoms with van der Waals surface area (Å²) in [6.07, 6.45) is 3.26. The summed E-state index contributed by atoms with van der Waals surface area (Å²) in [5.41, 5.74) is 1.21. The minimum absolute atomic E-state index is 0.159. The van der Waals surface area contributed by atoms with Gasteiger partial charge in [-0.2, -0.15) is 0 Å². The Labute approximate surface area is 165 Å². The van der Waals surface area contributed by atoms with Gasteiger partial charge in [0.25, 0.3) is 5.91 Å². The van der Waals surface area contributed by atoms with Crippen molar-refractivity contribution in [1.82, 2.24) is 10.6 Å². The zero-order chi connectivity index (χ0) is 19.7. The number of benzene rings is 1. The van der Waals surface area contributed by atoms with Crippen molar-refractivity contribution in [2.45, 2.75) is 32.2 Å². The molecule has 2 amide bonds. The number of carbonyl (C=O) groups is 2. The molecule has 0 aliphatic heterocycles. The average Bonchev–Trinajstić information content (AvgIpc) is 2.67. The fourth-order valence-corrected chi connectivity index (χ4v) is 2.50. The van der Waals surface area contributed by atoms with Crippen molar-refractivity contribution in [2.24, 2.45) is 0 Å². The second kappa shape index (κ2) is 15.2. The largest absolute Gasteiger partial charge is 0.465 e. The molecule has 1 aromatic rings. The summed E-state index contributed by atoms with van der Waals surface area (Å²) in [4.78, 5) is 22.6. The molecule has 27 heavy (non-hydrogen) atoms. The van der Waals surface area contributed by atoms with Crippen molar-refractivity contribution in [3.63, 3.8) is 0 Å². The first-order valence-electron chi connectivity index (χ1n) is 9.19. The van der Waals surface area contributed by atoms with Gasteiger partial charge in [0.05, 0.1) is 19.8 Å². The van der Waals surface area contributed by atoms with E-state index in [1.165, 1.54) is 0 Å². The molecule has 0 aliphatic rings. The molecule has 152 valence electrons. The van der Waals surface area contributed by atoms with Crippen molar-refractivity contribution in [2.75, 3.05) is 38.9 Å². The number of amides is 2. The highest BCUT2D eigenvalue weighted by molar-refractivity contribution is 6.17. The van der Waals surface area contributed by atoms with E-state index in [1.54, 1.807) is 24.3 Å². The molecule has 8 heteroatoms. The number of alkyl halides is 1. The zero-order valence-corrected chi connectivity index (χ0v) is 16.3. The Hall–Kier alpha value is -1.83. The van der Waals surface area contributed by atoms with Gasteiger partial charge in [-0.15, -0.1) is 11.6 Å². The van der Waals surface area contributed by atoms with Crippen LogP contribution in [0, 0.1) is 0 Å². The highest BCUT2D eigenvalue weighted by Gasteiger charge is 2.06. The first-order chi connectivity index (χ1) is 13.1. The van der Waals surface area contributed by atoms with Crippen LogP contribution < -0.4 is 10.6 Å². The molecule has 0 heterocycles. The van der Waals surface area contributed by atoms with Crippen LogP contribution >= 0.6 is 11.6 Å². The Morgan fingerprint density at radius 1 is 0.963 bits per heavy atom. The molecule has 0 bridgehead atoms. The Morgan fingerprint density at radius 2 is 1.70 bits per heavy atom. The molecule has 1 rings (SSSR count). The summed E-state index contributed by atoms with van der Waals surface area (Å²) in [6.45, 7) is 2.73. The first-order valence-corrected chi connectivity index (χ1v) is 9.72. The maximum atomic E-state index is 12.1. The van der Waals surface area contributed by atoms with Gasteiger partial charge < -0.3 is 25.2 Å². The van der Waals surface area contributed by atoms with Crippen LogP contribution in [0.5, 0.6) is 0 Å². The third kappa shape index (κ3) is 12.2. The zero-order valence-electron chi connectivity index (χ0n) is 15.5. The summed E-state index contributed by atoms with van der Waals surface area (Å²) in [5, 5.41) is 13.7. The number of nitrogens with one attached hydrogen (secondary N) is 2. The molecule has 0 fully saturated rings. The predicted molar refractivity (Wildman–Crippen MR) is 104 cm³/mol. The molecule has 3 N–H and O–H groups in total. The van der Waals surface area contributed by atoms with Crippen molar-refractivity contribution in [3.05, 3.63) is 35.4 Å². The van der Waals surface area contributed by atoms with Crippen LogP contribution in [0.25, 0.3) is 0 Å². The fraction of sp³-hybridized carbons (Fsp3) is 0.579. The number of unbranched alkanes of at least 4 members (excludes halogenated alkanes) is 3. The minimum atomic E-state index is -1.10. The van der Waals surface area contributed by atoms with Crippen LogP contribution in [0.15, 0.2) is 24.3 Å². The van der Waals surface area contributed by atoms with E-state index in [2.05, 4.69) is 10.6 Å². The predicted octanol–water partition coefficient (Wildman–Crippen LogP) is 3.02. The van der Waals surface area contributed by atoms with Crippen molar-refractivity contribution < 1.29 is 24.2 Å². The molecular formula is C19H29ClN2O5. The van der Waals surface area contributed by atoms with E-state index in [-0.39, 0.29) is 12.5 Å². The number of carbonyl (C=O) groups excluding carboxylic acids is 1. The van der Waals surface area contributed by atoms with Crippen LogP contribution in [0.1, 0.15) is 41.6 Å². The van der Waals surface area contributed by atoms with Crippen LogP contribution in [0.2, 0.25) is 0 Å². The summed E-state index contributed by atoms with van der Waals surface area (Å²) >= 11 is 5.61. The molecule has 0 spiro atoms. The molecule has 0 saturated carbocycles. The maximum absolute atomic E-state index is 12.1. The third-order valence-corrected chi connectivity index (χ3v) is 3.98. The smallest absolute Gasteiger partial charge is 0.404 e. The fourth-order valence-electron chi connectivity index (χ4n) is 2.31.